The minimum Gasteiger partial charge on any atom is -0.300 e. The molecule has 7 nitrogen and oxygen atoms in total. The molecule has 0 fully saturated rings. The van der Waals surface area contributed by atoms with E-state index in [-0.39, 0.29) is 10.6 Å². The lowest BCUT2D eigenvalue weighted by molar-refractivity contribution is -0.137. The minimum absolute atomic E-state index is 0.0844. The van der Waals surface area contributed by atoms with E-state index in [2.05, 4.69) is 25.0 Å². The van der Waals surface area contributed by atoms with Crippen LogP contribution in [-0.4, -0.2) is 27.2 Å². The minimum atomic E-state index is -4.66. The van der Waals surface area contributed by atoms with E-state index in [1.807, 2.05) is 0 Å². The van der Waals surface area contributed by atoms with E-state index >= 15 is 0 Å². The van der Waals surface area contributed by atoms with Crippen LogP contribution >= 0.6 is 23.4 Å². The molecular formula is C19H14ClF3N4O3S2. The standard InChI is InChI=1S/C19H14ClF3N4O3S2/c1-30-26-18(28)16-8-12(6-7-24-16)31-17-5-2-11(10-25-17)27-32(29)13-3-4-15(20)14(9-13)19(21,22)23/h2-10,27H,1H3,(H,26,28). The Balaban J connectivity index is 1.68. The monoisotopic (exact) mass is 502 g/mol. The van der Waals surface area contributed by atoms with E-state index in [1.165, 1.54) is 37.3 Å². The van der Waals surface area contributed by atoms with E-state index in [4.69, 9.17) is 11.6 Å². The second-order valence-corrected chi connectivity index (χ2v) is 8.72. The van der Waals surface area contributed by atoms with E-state index in [1.54, 1.807) is 24.3 Å². The predicted octanol–water partition coefficient (Wildman–Crippen LogP) is 4.73. The molecule has 0 saturated carbocycles. The van der Waals surface area contributed by atoms with Crippen LogP contribution in [-0.2, 0) is 22.0 Å². The first-order valence-electron chi connectivity index (χ1n) is 8.66. The van der Waals surface area contributed by atoms with Crippen LogP contribution in [0.5, 0.6) is 0 Å². The maximum Gasteiger partial charge on any atom is 0.417 e. The molecule has 0 spiro atoms. The van der Waals surface area contributed by atoms with Crippen molar-refractivity contribution in [2.75, 3.05) is 11.8 Å². The fourth-order valence-electron chi connectivity index (χ4n) is 2.37. The summed E-state index contributed by atoms with van der Waals surface area (Å²) in [5.74, 6) is -0.499. The van der Waals surface area contributed by atoms with E-state index in [0.29, 0.717) is 15.6 Å². The molecule has 0 aliphatic carbocycles. The summed E-state index contributed by atoms with van der Waals surface area (Å²) >= 11 is 6.84. The molecule has 2 aromatic heterocycles. The van der Waals surface area contributed by atoms with Crippen LogP contribution in [0, 0.1) is 0 Å². The van der Waals surface area contributed by atoms with E-state index in [9.17, 15) is 22.2 Å². The molecule has 0 saturated heterocycles. The third-order valence-corrected chi connectivity index (χ3v) is 6.16. The molecule has 1 atom stereocenters. The normalized spacial score (nSPS) is 12.3. The van der Waals surface area contributed by atoms with Crippen LogP contribution < -0.4 is 10.2 Å². The Morgan fingerprint density at radius 1 is 1.16 bits per heavy atom. The molecular weight excluding hydrogens is 489 g/mol. The number of halogens is 4. The molecule has 0 aliphatic rings. The van der Waals surface area contributed by atoms with Gasteiger partial charge in [-0.2, -0.15) is 13.2 Å². The molecule has 3 rings (SSSR count). The third kappa shape index (κ3) is 6.19. The van der Waals surface area contributed by atoms with Gasteiger partial charge < -0.3 is 0 Å². The Morgan fingerprint density at radius 2 is 1.94 bits per heavy atom. The third-order valence-electron chi connectivity index (χ3n) is 3.79. The van der Waals surface area contributed by atoms with E-state index in [0.717, 1.165) is 12.1 Å². The van der Waals surface area contributed by atoms with Crippen molar-refractivity contribution in [3.8, 4) is 0 Å². The van der Waals surface area contributed by atoms with Crippen molar-refractivity contribution in [3.05, 3.63) is 71.1 Å². The fraction of sp³-hybridized carbons (Fsp3) is 0.105. The maximum absolute atomic E-state index is 13.0. The SMILES string of the molecule is CONC(=O)c1cc(Sc2ccc(NS(=O)c3ccc(Cl)c(C(F)(F)F)c3)cn2)ccn1. The lowest BCUT2D eigenvalue weighted by atomic mass is 10.2. The van der Waals surface area contributed by atoms with Crippen molar-refractivity contribution in [2.45, 2.75) is 21.0 Å². The van der Waals surface area contributed by atoms with Crippen LogP contribution in [0.1, 0.15) is 16.1 Å². The summed E-state index contributed by atoms with van der Waals surface area (Å²) in [6, 6.07) is 9.49. The van der Waals surface area contributed by atoms with Gasteiger partial charge in [-0.25, -0.2) is 14.7 Å². The largest absolute Gasteiger partial charge is 0.417 e. The lowest BCUT2D eigenvalue weighted by Crippen LogP contribution is -2.22. The Hall–Kier alpha value is -2.67. The number of rotatable bonds is 7. The van der Waals surface area contributed by atoms with Gasteiger partial charge >= 0.3 is 6.18 Å². The highest BCUT2D eigenvalue weighted by atomic mass is 35.5. The summed E-state index contributed by atoms with van der Waals surface area (Å²) in [5.41, 5.74) is 1.61. The molecule has 13 heteroatoms. The number of hydrogen-bond donors (Lipinski definition) is 2. The number of aromatic nitrogens is 2. The van der Waals surface area contributed by atoms with Gasteiger partial charge in [0.05, 0.1) is 34.5 Å². The summed E-state index contributed by atoms with van der Waals surface area (Å²) in [7, 11) is -0.652. The van der Waals surface area contributed by atoms with Crippen molar-refractivity contribution in [2.24, 2.45) is 0 Å². The summed E-state index contributed by atoms with van der Waals surface area (Å²) in [6.45, 7) is 0. The molecule has 0 bridgehead atoms. The number of nitrogens with one attached hydrogen (secondary N) is 2. The van der Waals surface area contributed by atoms with Crippen molar-refractivity contribution in [1.82, 2.24) is 15.4 Å². The van der Waals surface area contributed by atoms with E-state index < -0.39 is 33.7 Å². The van der Waals surface area contributed by atoms with Crippen LogP contribution in [0.15, 0.2) is 69.7 Å². The molecule has 2 heterocycles. The first-order valence-corrected chi connectivity index (χ1v) is 11.0. The van der Waals surface area contributed by atoms with Crippen molar-refractivity contribution >= 4 is 45.9 Å². The quantitative estimate of drug-likeness (QED) is 0.454. The zero-order chi connectivity index (χ0) is 23.3. The molecule has 1 amide bonds. The van der Waals surface area contributed by atoms with Crippen molar-refractivity contribution in [1.29, 1.82) is 0 Å². The number of amides is 1. The van der Waals surface area contributed by atoms with Crippen molar-refractivity contribution < 1.29 is 27.0 Å². The fourth-order valence-corrected chi connectivity index (χ4v) is 4.24. The van der Waals surface area contributed by atoms with Crippen LogP contribution in [0.25, 0.3) is 0 Å². The second-order valence-electron chi connectivity index (χ2n) is 6.01. The highest BCUT2D eigenvalue weighted by Gasteiger charge is 2.33. The molecule has 0 aliphatic heterocycles. The van der Waals surface area contributed by atoms with Gasteiger partial charge in [0.25, 0.3) is 5.91 Å². The number of hydroxylamine groups is 1. The topological polar surface area (TPSA) is 93.2 Å². The number of nitrogens with zero attached hydrogens (tertiary/aromatic N) is 2. The Morgan fingerprint density at radius 3 is 2.59 bits per heavy atom. The van der Waals surface area contributed by atoms with Gasteiger partial charge in [-0.3, -0.25) is 19.3 Å². The number of benzene rings is 1. The van der Waals surface area contributed by atoms with Gasteiger partial charge in [-0.15, -0.1) is 0 Å². The first-order chi connectivity index (χ1) is 15.2. The predicted molar refractivity (Wildman–Crippen MR) is 114 cm³/mol. The van der Waals surface area contributed by atoms with Crippen LogP contribution in [0.2, 0.25) is 5.02 Å². The summed E-state index contributed by atoms with van der Waals surface area (Å²) in [4.78, 5) is 25.1. The van der Waals surface area contributed by atoms with Crippen LogP contribution in [0.4, 0.5) is 18.9 Å². The van der Waals surface area contributed by atoms with Gasteiger partial charge in [0.2, 0.25) is 0 Å². The second kappa shape index (κ2) is 10.3. The van der Waals surface area contributed by atoms with Gasteiger partial charge in [-0.1, -0.05) is 23.4 Å². The Labute approximate surface area is 192 Å². The first kappa shape index (κ1) is 24.0. The molecule has 2 N–H and O–H groups in total. The van der Waals surface area contributed by atoms with Crippen molar-refractivity contribution in [3.63, 3.8) is 0 Å². The molecule has 32 heavy (non-hydrogen) atoms. The van der Waals surface area contributed by atoms with Gasteiger partial charge in [-0.05, 0) is 42.5 Å². The zero-order valence-corrected chi connectivity index (χ0v) is 18.5. The maximum atomic E-state index is 13.0. The number of pyridine rings is 2. The number of hydrogen-bond acceptors (Lipinski definition) is 6. The number of carbonyl (C=O) groups is 1. The molecule has 168 valence electrons. The average Bonchev–Trinajstić information content (AvgIpc) is 2.75. The molecule has 0 radical (unpaired) electrons. The van der Waals surface area contributed by atoms with Crippen LogP contribution in [0.3, 0.4) is 0 Å². The Kier molecular flexibility index (Phi) is 7.72. The number of anilines is 1. The number of alkyl halides is 3. The summed E-state index contributed by atoms with van der Waals surface area (Å²) in [5, 5.41) is 0.0942. The summed E-state index contributed by atoms with van der Waals surface area (Å²) in [6.07, 6.45) is -1.80. The highest BCUT2D eigenvalue weighted by molar-refractivity contribution is 7.99. The van der Waals surface area contributed by atoms with Gasteiger partial charge in [0, 0.05) is 11.1 Å². The highest BCUT2D eigenvalue weighted by Crippen LogP contribution is 2.35. The summed E-state index contributed by atoms with van der Waals surface area (Å²) < 4.78 is 54.0. The molecule has 1 unspecified atom stereocenters. The molecule has 1 aromatic carbocycles. The lowest BCUT2D eigenvalue weighted by Gasteiger charge is -2.11. The smallest absolute Gasteiger partial charge is 0.300 e. The number of carbonyl (C=O) groups excluding carboxylic acids is 1. The average molecular weight is 503 g/mol. The zero-order valence-electron chi connectivity index (χ0n) is 16.1. The Bertz CT molecular complexity index is 1150. The van der Waals surface area contributed by atoms with Gasteiger partial charge in [0.1, 0.15) is 21.7 Å². The molecule has 3 aromatic rings. The van der Waals surface area contributed by atoms with Gasteiger partial charge in [0.15, 0.2) is 0 Å².